The smallest absolute Gasteiger partial charge is 0.255 e. The number of hydrogen-bond donors (Lipinski definition) is 2. The molecule has 33 heavy (non-hydrogen) atoms. The van der Waals surface area contributed by atoms with E-state index in [1.165, 1.54) is 11.8 Å². The van der Waals surface area contributed by atoms with Crippen molar-refractivity contribution in [2.24, 2.45) is 5.73 Å². The van der Waals surface area contributed by atoms with Crippen molar-refractivity contribution in [3.63, 3.8) is 0 Å². The molecule has 0 saturated heterocycles. The summed E-state index contributed by atoms with van der Waals surface area (Å²) in [5, 5.41) is 8.03. The van der Waals surface area contributed by atoms with Crippen LogP contribution in [-0.4, -0.2) is 40.6 Å². The maximum atomic E-state index is 12.6. The van der Waals surface area contributed by atoms with E-state index in [4.69, 9.17) is 31.9 Å². The van der Waals surface area contributed by atoms with Gasteiger partial charge in [0.25, 0.3) is 5.91 Å². The molecule has 10 heteroatoms. The summed E-state index contributed by atoms with van der Waals surface area (Å²) in [5.41, 5.74) is 8.46. The van der Waals surface area contributed by atoms with Gasteiger partial charge >= 0.3 is 0 Å². The van der Waals surface area contributed by atoms with Gasteiger partial charge in [0.15, 0.2) is 18.1 Å². The van der Waals surface area contributed by atoms with E-state index >= 15 is 0 Å². The lowest BCUT2D eigenvalue weighted by Crippen LogP contribution is -2.20. The second-order valence-corrected chi connectivity index (χ2v) is 8.84. The highest BCUT2D eigenvalue weighted by Crippen LogP contribution is 2.46. The maximum absolute atomic E-state index is 12.6. The molecule has 172 valence electrons. The van der Waals surface area contributed by atoms with Crippen LogP contribution in [0.5, 0.6) is 11.5 Å². The van der Waals surface area contributed by atoms with E-state index in [0.717, 1.165) is 16.8 Å². The summed E-state index contributed by atoms with van der Waals surface area (Å²) < 4.78 is 12.9. The molecule has 0 fully saturated rings. The lowest BCUT2D eigenvalue weighted by molar-refractivity contribution is -0.120. The number of benzene rings is 2. The number of carbonyl (C=O) groups excluding carboxylic acids is 2. The number of hydrogen-bond acceptors (Lipinski definition) is 6. The molecular formula is C23H23ClN4O4S. The zero-order valence-electron chi connectivity index (χ0n) is 18.1. The molecular weight excluding hydrogens is 464 g/mol. The van der Waals surface area contributed by atoms with Crippen molar-refractivity contribution in [1.82, 2.24) is 9.78 Å². The predicted octanol–water partition coefficient (Wildman–Crippen LogP) is 3.87. The van der Waals surface area contributed by atoms with Crippen LogP contribution in [0.1, 0.15) is 29.0 Å². The van der Waals surface area contributed by atoms with E-state index in [9.17, 15) is 9.59 Å². The van der Waals surface area contributed by atoms with Crippen LogP contribution >= 0.6 is 23.4 Å². The third-order valence-corrected chi connectivity index (χ3v) is 6.62. The Hall–Kier alpha value is -3.17. The molecule has 2 amide bonds. The Bertz CT molecular complexity index is 1210. The third-order valence-electron chi connectivity index (χ3n) is 5.03. The Morgan fingerprint density at radius 2 is 2.06 bits per heavy atom. The fourth-order valence-corrected chi connectivity index (χ4v) is 5.06. The van der Waals surface area contributed by atoms with Gasteiger partial charge in [0.05, 0.1) is 34.0 Å². The number of halogens is 1. The second-order valence-electron chi connectivity index (χ2n) is 7.34. The average molecular weight is 487 g/mol. The number of carbonyl (C=O) groups is 2. The lowest BCUT2D eigenvalue weighted by Gasteiger charge is -2.18. The molecule has 8 nitrogen and oxygen atoms in total. The van der Waals surface area contributed by atoms with E-state index in [1.54, 1.807) is 16.8 Å². The van der Waals surface area contributed by atoms with Crippen molar-refractivity contribution < 1.29 is 19.1 Å². The van der Waals surface area contributed by atoms with Crippen LogP contribution in [0.15, 0.2) is 42.5 Å². The molecule has 0 spiro atoms. The molecule has 1 aliphatic rings. The van der Waals surface area contributed by atoms with E-state index in [1.807, 2.05) is 44.2 Å². The Kier molecular flexibility index (Phi) is 6.80. The SMILES string of the molecule is CCOc1cc(C2SCC(=O)Nc3c2c(C)nn3-c2ccccc2Cl)ccc1OCC(N)=O. The topological polar surface area (TPSA) is 108 Å². The molecule has 0 saturated carbocycles. The van der Waals surface area contributed by atoms with Gasteiger partial charge in [0.2, 0.25) is 5.91 Å². The van der Waals surface area contributed by atoms with Crippen LogP contribution in [0, 0.1) is 6.92 Å². The van der Waals surface area contributed by atoms with Crippen molar-refractivity contribution in [2.45, 2.75) is 19.1 Å². The number of thioether (sulfide) groups is 1. The van der Waals surface area contributed by atoms with Crippen LogP contribution in [0.3, 0.4) is 0 Å². The molecule has 1 unspecified atom stereocenters. The number of ether oxygens (including phenoxy) is 2. The number of nitrogens with two attached hydrogens (primary N) is 1. The molecule has 0 aliphatic carbocycles. The summed E-state index contributed by atoms with van der Waals surface area (Å²) in [7, 11) is 0. The lowest BCUT2D eigenvalue weighted by atomic mass is 10.0. The van der Waals surface area contributed by atoms with Crippen LogP contribution in [0.2, 0.25) is 5.02 Å². The number of nitrogens with one attached hydrogen (secondary N) is 1. The van der Waals surface area contributed by atoms with Crippen molar-refractivity contribution in [1.29, 1.82) is 0 Å². The van der Waals surface area contributed by atoms with Crippen molar-refractivity contribution >= 4 is 41.0 Å². The van der Waals surface area contributed by atoms with E-state index in [2.05, 4.69) is 5.32 Å². The van der Waals surface area contributed by atoms with E-state index in [0.29, 0.717) is 34.6 Å². The number of fused-ring (bicyclic) bond motifs is 1. The molecule has 1 aromatic heterocycles. The summed E-state index contributed by atoms with van der Waals surface area (Å²) in [4.78, 5) is 23.7. The summed E-state index contributed by atoms with van der Waals surface area (Å²) in [6.07, 6.45) is 0. The molecule has 0 bridgehead atoms. The third kappa shape index (κ3) is 4.79. The number of rotatable bonds is 7. The quantitative estimate of drug-likeness (QED) is 0.524. The normalized spacial score (nSPS) is 15.4. The Morgan fingerprint density at radius 1 is 1.27 bits per heavy atom. The number of aryl methyl sites for hydroxylation is 1. The maximum Gasteiger partial charge on any atom is 0.255 e. The van der Waals surface area contributed by atoms with Gasteiger partial charge < -0.3 is 20.5 Å². The van der Waals surface area contributed by atoms with Crippen molar-refractivity contribution in [2.75, 3.05) is 24.3 Å². The monoisotopic (exact) mass is 486 g/mol. The highest BCUT2D eigenvalue weighted by Gasteiger charge is 2.31. The number of anilines is 1. The molecule has 3 aromatic rings. The van der Waals surface area contributed by atoms with Crippen LogP contribution in [0.4, 0.5) is 5.82 Å². The number of primary amides is 1. The van der Waals surface area contributed by atoms with Gasteiger partial charge in [-0.05, 0) is 43.7 Å². The highest BCUT2D eigenvalue weighted by atomic mass is 35.5. The minimum Gasteiger partial charge on any atom is -0.490 e. The first kappa shape index (κ1) is 23.0. The fourth-order valence-electron chi connectivity index (χ4n) is 3.67. The highest BCUT2D eigenvalue weighted by molar-refractivity contribution is 8.00. The molecule has 0 radical (unpaired) electrons. The largest absolute Gasteiger partial charge is 0.490 e. The number of para-hydroxylation sites is 1. The minimum atomic E-state index is -0.572. The first-order chi connectivity index (χ1) is 15.9. The zero-order chi connectivity index (χ0) is 23.5. The van der Waals surface area contributed by atoms with E-state index in [-0.39, 0.29) is 23.5 Å². The van der Waals surface area contributed by atoms with Gasteiger partial charge in [-0.2, -0.15) is 5.10 Å². The molecule has 4 rings (SSSR count). The standard InChI is InChI=1S/C23H23ClN4O4S/c1-3-31-18-10-14(8-9-17(18)32-11-19(25)29)22-21-13(2)27-28(16-7-5-4-6-15(16)24)23(21)26-20(30)12-33-22/h4-10,22H,3,11-12H2,1-2H3,(H2,25,29)(H,26,30). The fraction of sp³-hybridized carbons (Fsp3) is 0.261. The second kappa shape index (κ2) is 9.76. The van der Waals surface area contributed by atoms with Crippen LogP contribution in [-0.2, 0) is 9.59 Å². The minimum absolute atomic E-state index is 0.122. The Balaban J connectivity index is 1.80. The zero-order valence-corrected chi connectivity index (χ0v) is 19.7. The first-order valence-corrected chi connectivity index (χ1v) is 11.8. The summed E-state index contributed by atoms with van der Waals surface area (Å²) in [6.45, 7) is 3.95. The molecule has 2 aromatic carbocycles. The number of amides is 2. The van der Waals surface area contributed by atoms with Crippen LogP contribution in [0.25, 0.3) is 5.69 Å². The summed E-state index contributed by atoms with van der Waals surface area (Å²) >= 11 is 7.92. The molecule has 1 atom stereocenters. The van der Waals surface area contributed by atoms with Crippen molar-refractivity contribution in [3.05, 3.63) is 64.3 Å². The molecule has 3 N–H and O–H groups in total. The first-order valence-electron chi connectivity index (χ1n) is 10.3. The van der Waals surface area contributed by atoms with Gasteiger partial charge in [-0.3, -0.25) is 9.59 Å². The predicted molar refractivity (Wildman–Crippen MR) is 129 cm³/mol. The van der Waals surface area contributed by atoms with E-state index < -0.39 is 5.91 Å². The summed E-state index contributed by atoms with van der Waals surface area (Å²) in [5.74, 6) is 1.09. The van der Waals surface area contributed by atoms with Crippen molar-refractivity contribution in [3.8, 4) is 17.2 Å². The average Bonchev–Trinajstić information content (AvgIpc) is 2.98. The Labute approximate surface area is 200 Å². The Morgan fingerprint density at radius 3 is 2.79 bits per heavy atom. The van der Waals surface area contributed by atoms with Crippen LogP contribution < -0.4 is 20.5 Å². The van der Waals surface area contributed by atoms with Gasteiger partial charge in [-0.1, -0.05) is 29.8 Å². The molecule has 2 heterocycles. The summed E-state index contributed by atoms with van der Waals surface area (Å²) in [6, 6.07) is 12.9. The number of nitrogens with zero attached hydrogens (tertiary/aromatic N) is 2. The van der Waals surface area contributed by atoms with Gasteiger partial charge in [-0.25, -0.2) is 4.68 Å². The van der Waals surface area contributed by atoms with Gasteiger partial charge in [0, 0.05) is 5.56 Å². The van der Waals surface area contributed by atoms with Gasteiger partial charge in [-0.15, -0.1) is 11.8 Å². The number of aromatic nitrogens is 2. The van der Waals surface area contributed by atoms with Gasteiger partial charge in [0.1, 0.15) is 5.82 Å². The molecule has 1 aliphatic heterocycles.